The number of alkyl halides is 6. The number of benzene rings is 2. The zero-order valence-corrected chi connectivity index (χ0v) is 25.3. The Balaban J connectivity index is 2.06. The van der Waals surface area contributed by atoms with Gasteiger partial charge in [-0.2, -0.15) is 26.3 Å². The molecule has 1 unspecified atom stereocenters. The van der Waals surface area contributed by atoms with E-state index in [2.05, 4.69) is 10.3 Å². The number of hydrogen-bond acceptors (Lipinski definition) is 6. The number of hydrogen-bond donors (Lipinski definition) is 3. The second-order valence-corrected chi connectivity index (χ2v) is 13.5. The zero-order valence-electron chi connectivity index (χ0n) is 24.5. The summed E-state index contributed by atoms with van der Waals surface area (Å²) in [5.41, 5.74) is -4.13. The number of halogens is 6. The van der Waals surface area contributed by atoms with Crippen LogP contribution >= 0.6 is 0 Å². The lowest BCUT2D eigenvalue weighted by molar-refractivity contribution is -0.209. The van der Waals surface area contributed by atoms with Crippen molar-refractivity contribution >= 4 is 15.7 Å². The number of aromatic nitrogens is 2. The van der Waals surface area contributed by atoms with Crippen molar-refractivity contribution in [3.05, 3.63) is 81.9 Å². The Hall–Kier alpha value is -3.43. The maximum absolute atomic E-state index is 14.2. The topological polar surface area (TPSA) is 122 Å². The number of nitrogens with zero attached hydrogens (tertiary/aromatic N) is 2. The Bertz CT molecular complexity index is 1610. The number of carbonyl (C=O) groups is 1. The molecule has 1 aromatic heterocycles. The predicted molar refractivity (Wildman–Crippen MR) is 149 cm³/mol. The molecule has 0 saturated carbocycles. The van der Waals surface area contributed by atoms with E-state index in [0.717, 1.165) is 12.1 Å². The smallest absolute Gasteiger partial charge is 0.394 e. The van der Waals surface area contributed by atoms with Crippen LogP contribution in [0.4, 0.5) is 26.3 Å². The van der Waals surface area contributed by atoms with Crippen molar-refractivity contribution in [1.29, 1.82) is 0 Å². The van der Waals surface area contributed by atoms with Crippen LogP contribution in [0, 0.1) is 6.92 Å². The number of aliphatic hydroxyl groups is 2. The fraction of sp³-hybridized carbons (Fsp3) is 0.448. The minimum Gasteiger partial charge on any atom is -0.394 e. The first-order chi connectivity index (χ1) is 20.1. The van der Waals surface area contributed by atoms with E-state index in [4.69, 9.17) is 0 Å². The Kier molecular flexibility index (Phi) is 9.97. The molecule has 0 saturated heterocycles. The van der Waals surface area contributed by atoms with Gasteiger partial charge < -0.3 is 20.1 Å². The highest BCUT2D eigenvalue weighted by molar-refractivity contribution is 7.91. The van der Waals surface area contributed by atoms with Crippen molar-refractivity contribution in [2.24, 2.45) is 0 Å². The number of sulfone groups is 1. The molecule has 3 aromatic rings. The minimum absolute atomic E-state index is 0.0567. The summed E-state index contributed by atoms with van der Waals surface area (Å²) in [7, 11) is -3.49. The zero-order chi connectivity index (χ0) is 33.4. The molecular formula is C29H33F6N3O5S. The lowest BCUT2D eigenvalue weighted by Gasteiger charge is -2.25. The van der Waals surface area contributed by atoms with E-state index in [9.17, 15) is 49.8 Å². The maximum Gasteiger partial charge on any atom is 0.418 e. The summed E-state index contributed by atoms with van der Waals surface area (Å²) in [6, 6.07) is 7.06. The van der Waals surface area contributed by atoms with E-state index in [-0.39, 0.29) is 27.9 Å². The van der Waals surface area contributed by atoms with Crippen molar-refractivity contribution in [2.75, 3.05) is 12.4 Å². The van der Waals surface area contributed by atoms with Crippen molar-refractivity contribution in [3.63, 3.8) is 0 Å². The highest BCUT2D eigenvalue weighted by Gasteiger charge is 2.46. The molecule has 0 radical (unpaired) electrons. The van der Waals surface area contributed by atoms with Gasteiger partial charge >= 0.3 is 12.4 Å². The third-order valence-corrected chi connectivity index (χ3v) is 8.77. The van der Waals surface area contributed by atoms with Gasteiger partial charge in [-0.25, -0.2) is 13.4 Å². The number of rotatable bonds is 9. The average Bonchev–Trinajstić information content (AvgIpc) is 3.26. The highest BCUT2D eigenvalue weighted by Crippen LogP contribution is 2.42. The van der Waals surface area contributed by atoms with Crippen LogP contribution in [0.3, 0.4) is 0 Å². The quantitative estimate of drug-likeness (QED) is 0.267. The van der Waals surface area contributed by atoms with Gasteiger partial charge in [-0.15, -0.1) is 0 Å². The van der Waals surface area contributed by atoms with Gasteiger partial charge in [-0.05, 0) is 30.2 Å². The molecule has 0 aliphatic rings. The molecule has 8 nitrogen and oxygen atoms in total. The molecule has 0 aliphatic heterocycles. The normalized spacial score (nSPS) is 14.4. The van der Waals surface area contributed by atoms with Gasteiger partial charge in [-0.3, -0.25) is 4.79 Å². The van der Waals surface area contributed by atoms with E-state index in [1.165, 1.54) is 42.7 Å². The first kappa shape index (κ1) is 35.1. The molecule has 0 aliphatic carbocycles. The van der Waals surface area contributed by atoms with Crippen LogP contribution in [0.2, 0.25) is 0 Å². The standard InChI is InChI=1S/C29H33F6N3O5S/c1-6-44(42,43)19-12-10-17(11-13-19)21(15-39)36-25(41)23-16(2)38(26(37-23)27(3,4)5)14-18-8-7-9-20(22(18)28(30,31)32)24(40)29(33,34)35/h7-13,21,24,39-40H,6,14-15H2,1-5H3,(H,36,41)/t21-,24?/m1/s1. The number of imidazole rings is 1. The monoisotopic (exact) mass is 649 g/mol. The molecule has 2 aromatic carbocycles. The first-order valence-corrected chi connectivity index (χ1v) is 15.0. The van der Waals surface area contributed by atoms with Gasteiger partial charge in [0.2, 0.25) is 0 Å². The molecule has 1 amide bonds. The number of carbonyl (C=O) groups excluding carboxylic acids is 1. The minimum atomic E-state index is -5.35. The summed E-state index contributed by atoms with van der Waals surface area (Å²) in [4.78, 5) is 17.8. The van der Waals surface area contributed by atoms with Crippen LogP contribution in [0.25, 0.3) is 0 Å². The summed E-state index contributed by atoms with van der Waals surface area (Å²) in [6.07, 6.45) is -14.0. The molecule has 242 valence electrons. The second-order valence-electron chi connectivity index (χ2n) is 11.2. The SMILES string of the molecule is CCS(=O)(=O)c1ccc([C@@H](CO)NC(=O)c2nc(C(C)(C)C)n(Cc3cccc(C(O)C(F)(F)F)c3C(F)(F)F)c2C)cc1. The molecule has 3 rings (SSSR count). The molecule has 0 fully saturated rings. The fourth-order valence-corrected chi connectivity index (χ4v) is 5.61. The largest absolute Gasteiger partial charge is 0.418 e. The molecule has 0 bridgehead atoms. The molecular weight excluding hydrogens is 616 g/mol. The third-order valence-electron chi connectivity index (χ3n) is 7.02. The number of nitrogens with one attached hydrogen (secondary N) is 1. The second kappa shape index (κ2) is 12.5. The van der Waals surface area contributed by atoms with Crippen molar-refractivity contribution in [1.82, 2.24) is 14.9 Å². The summed E-state index contributed by atoms with van der Waals surface area (Å²) >= 11 is 0. The Morgan fingerprint density at radius 1 is 1.02 bits per heavy atom. The van der Waals surface area contributed by atoms with E-state index in [1.807, 2.05) is 0 Å². The van der Waals surface area contributed by atoms with E-state index in [0.29, 0.717) is 11.6 Å². The van der Waals surface area contributed by atoms with E-state index >= 15 is 0 Å². The number of amides is 1. The summed E-state index contributed by atoms with van der Waals surface area (Å²) in [5.74, 6) is -0.763. The highest BCUT2D eigenvalue weighted by atomic mass is 32.2. The molecule has 44 heavy (non-hydrogen) atoms. The Morgan fingerprint density at radius 3 is 2.09 bits per heavy atom. The van der Waals surface area contributed by atoms with Crippen LogP contribution in [0.1, 0.15) is 84.1 Å². The van der Waals surface area contributed by atoms with Crippen LogP contribution < -0.4 is 5.32 Å². The van der Waals surface area contributed by atoms with Crippen LogP contribution in [0.15, 0.2) is 47.4 Å². The summed E-state index contributed by atoms with van der Waals surface area (Å²) in [5, 5.41) is 22.3. The van der Waals surface area contributed by atoms with Gasteiger partial charge in [0.25, 0.3) is 5.91 Å². The predicted octanol–water partition coefficient (Wildman–Crippen LogP) is 5.41. The average molecular weight is 650 g/mol. The first-order valence-electron chi connectivity index (χ1n) is 13.4. The Labute approximate surface area is 250 Å². The molecule has 15 heteroatoms. The van der Waals surface area contributed by atoms with E-state index in [1.54, 1.807) is 20.8 Å². The Morgan fingerprint density at radius 2 is 1.61 bits per heavy atom. The fourth-order valence-electron chi connectivity index (χ4n) is 4.72. The molecule has 1 heterocycles. The van der Waals surface area contributed by atoms with Gasteiger partial charge in [0.05, 0.1) is 28.9 Å². The number of aliphatic hydroxyl groups excluding tert-OH is 2. The lowest BCUT2D eigenvalue weighted by atomic mass is 9.94. The molecule has 3 N–H and O–H groups in total. The van der Waals surface area contributed by atoms with Gasteiger partial charge in [-0.1, -0.05) is 58.0 Å². The summed E-state index contributed by atoms with van der Waals surface area (Å²) < 4.78 is 108. The van der Waals surface area contributed by atoms with Gasteiger partial charge in [0.15, 0.2) is 15.9 Å². The van der Waals surface area contributed by atoms with Crippen LogP contribution in [0.5, 0.6) is 0 Å². The van der Waals surface area contributed by atoms with Crippen LogP contribution in [-0.4, -0.2) is 52.6 Å². The van der Waals surface area contributed by atoms with Crippen molar-refractivity contribution < 1.29 is 49.8 Å². The summed E-state index contributed by atoms with van der Waals surface area (Å²) in [6.45, 7) is 6.75. The van der Waals surface area contributed by atoms with Crippen molar-refractivity contribution in [2.45, 2.75) is 76.0 Å². The van der Waals surface area contributed by atoms with Crippen LogP contribution in [-0.2, 0) is 28.0 Å². The lowest BCUT2D eigenvalue weighted by Crippen LogP contribution is -2.31. The maximum atomic E-state index is 14.2. The molecule has 0 spiro atoms. The van der Waals surface area contributed by atoms with Gasteiger partial charge in [0, 0.05) is 23.2 Å². The molecule has 2 atom stereocenters. The van der Waals surface area contributed by atoms with E-state index < -0.39 is 75.5 Å². The van der Waals surface area contributed by atoms with Crippen molar-refractivity contribution in [3.8, 4) is 0 Å². The van der Waals surface area contributed by atoms with Gasteiger partial charge in [0.1, 0.15) is 11.5 Å². The third kappa shape index (κ3) is 7.44.